The number of benzene rings is 1. The topological polar surface area (TPSA) is 35.2 Å². The van der Waals surface area contributed by atoms with E-state index in [0.29, 0.717) is 0 Å². The van der Waals surface area contributed by atoms with Gasteiger partial charge >= 0.3 is 0 Å². The smallest absolute Gasteiger partial charge is 0.0586 e. The normalized spacial score (nSPS) is 19.2. The second-order valence-electron chi connectivity index (χ2n) is 5.45. The van der Waals surface area contributed by atoms with E-state index in [1.807, 2.05) is 12.1 Å². The summed E-state index contributed by atoms with van der Waals surface area (Å²) in [4.78, 5) is 0. The average molecular weight is 240 g/mol. The van der Waals surface area contributed by atoms with Crippen LogP contribution in [0.15, 0.2) is 24.3 Å². The van der Waals surface area contributed by atoms with Crippen LogP contribution in [0.5, 0.6) is 0 Å². The first-order chi connectivity index (χ1) is 7.41. The fourth-order valence-corrected chi connectivity index (χ4v) is 2.52. The van der Waals surface area contributed by atoms with Crippen molar-refractivity contribution in [3.05, 3.63) is 34.9 Å². The van der Waals surface area contributed by atoms with Crippen molar-refractivity contribution < 1.29 is 4.74 Å². The van der Waals surface area contributed by atoms with Gasteiger partial charge in [-0.2, -0.15) is 0 Å². The molecule has 1 saturated heterocycles. The zero-order valence-corrected chi connectivity index (χ0v) is 10.6. The molecule has 3 heteroatoms. The SMILES string of the molecule is CC(C)(N)CC1(c2ccc(Cl)cc2)COC1. The van der Waals surface area contributed by atoms with Crippen LogP contribution >= 0.6 is 11.6 Å². The maximum atomic E-state index is 6.12. The lowest BCUT2D eigenvalue weighted by Gasteiger charge is -2.45. The second kappa shape index (κ2) is 4.02. The Balaban J connectivity index is 2.24. The zero-order valence-electron chi connectivity index (χ0n) is 9.79. The summed E-state index contributed by atoms with van der Waals surface area (Å²) >= 11 is 5.90. The molecule has 1 aromatic rings. The summed E-state index contributed by atoms with van der Waals surface area (Å²) < 4.78 is 5.38. The molecule has 0 radical (unpaired) electrons. The van der Waals surface area contributed by atoms with Gasteiger partial charge in [-0.3, -0.25) is 0 Å². The van der Waals surface area contributed by atoms with Crippen molar-refractivity contribution in [1.29, 1.82) is 0 Å². The van der Waals surface area contributed by atoms with E-state index < -0.39 is 0 Å². The molecule has 0 aromatic heterocycles. The van der Waals surface area contributed by atoms with Crippen LogP contribution < -0.4 is 5.73 Å². The van der Waals surface area contributed by atoms with E-state index in [-0.39, 0.29) is 11.0 Å². The lowest BCUT2D eigenvalue weighted by Crippen LogP contribution is -2.53. The summed E-state index contributed by atoms with van der Waals surface area (Å²) in [5.74, 6) is 0. The number of nitrogens with two attached hydrogens (primary N) is 1. The first kappa shape index (κ1) is 11.9. The second-order valence-corrected chi connectivity index (χ2v) is 5.88. The summed E-state index contributed by atoms with van der Waals surface area (Å²) in [5, 5.41) is 0.770. The Morgan fingerprint density at radius 2 is 1.88 bits per heavy atom. The Morgan fingerprint density at radius 1 is 1.31 bits per heavy atom. The summed E-state index contributed by atoms with van der Waals surface area (Å²) in [5.41, 5.74) is 7.30. The molecule has 0 unspecified atom stereocenters. The molecular weight excluding hydrogens is 222 g/mol. The number of halogens is 1. The van der Waals surface area contributed by atoms with Crippen LogP contribution in [0.4, 0.5) is 0 Å². The number of rotatable bonds is 3. The fourth-order valence-electron chi connectivity index (χ4n) is 2.39. The molecule has 2 nitrogen and oxygen atoms in total. The molecule has 0 saturated carbocycles. The Hall–Kier alpha value is -0.570. The highest BCUT2D eigenvalue weighted by Gasteiger charge is 2.43. The van der Waals surface area contributed by atoms with E-state index >= 15 is 0 Å². The van der Waals surface area contributed by atoms with Crippen LogP contribution in [0.3, 0.4) is 0 Å². The third-order valence-corrected chi connectivity index (χ3v) is 3.26. The highest BCUT2D eigenvalue weighted by atomic mass is 35.5. The van der Waals surface area contributed by atoms with Crippen molar-refractivity contribution >= 4 is 11.6 Å². The first-order valence-corrected chi connectivity index (χ1v) is 5.92. The predicted molar refractivity (Wildman–Crippen MR) is 66.8 cm³/mol. The van der Waals surface area contributed by atoms with Gasteiger partial charge in [0.15, 0.2) is 0 Å². The van der Waals surface area contributed by atoms with Crippen molar-refractivity contribution in [1.82, 2.24) is 0 Å². The molecule has 88 valence electrons. The maximum Gasteiger partial charge on any atom is 0.0586 e. The molecule has 0 aliphatic carbocycles. The molecule has 1 aliphatic rings. The third kappa shape index (κ3) is 2.40. The van der Waals surface area contributed by atoms with Gasteiger partial charge in [0.2, 0.25) is 0 Å². The standard InChI is InChI=1S/C13H18ClNO/c1-12(2,15)7-13(8-16-9-13)10-3-5-11(14)6-4-10/h3-6H,7-9,15H2,1-2H3. The van der Waals surface area contributed by atoms with Gasteiger partial charge in [-0.05, 0) is 38.0 Å². The molecule has 1 aliphatic heterocycles. The number of hydrogen-bond donors (Lipinski definition) is 1. The van der Waals surface area contributed by atoms with Gasteiger partial charge < -0.3 is 10.5 Å². The monoisotopic (exact) mass is 239 g/mol. The minimum absolute atomic E-state index is 0.0861. The molecule has 2 N–H and O–H groups in total. The summed E-state index contributed by atoms with van der Waals surface area (Å²) in [6.45, 7) is 5.64. The maximum absolute atomic E-state index is 6.12. The Labute approximate surface area is 102 Å². The van der Waals surface area contributed by atoms with Crippen LogP contribution in [0.25, 0.3) is 0 Å². The Bertz CT molecular complexity index is 363. The van der Waals surface area contributed by atoms with Gasteiger partial charge in [0.1, 0.15) is 0 Å². The third-order valence-electron chi connectivity index (χ3n) is 3.01. The quantitative estimate of drug-likeness (QED) is 0.881. The molecule has 1 fully saturated rings. The van der Waals surface area contributed by atoms with Gasteiger partial charge in [0, 0.05) is 16.0 Å². The minimum atomic E-state index is -0.177. The van der Waals surface area contributed by atoms with Crippen LogP contribution in [0, 0.1) is 0 Å². The van der Waals surface area contributed by atoms with Crippen molar-refractivity contribution in [2.24, 2.45) is 5.73 Å². The minimum Gasteiger partial charge on any atom is -0.379 e. The van der Waals surface area contributed by atoms with E-state index in [1.165, 1.54) is 5.56 Å². The molecule has 0 spiro atoms. The van der Waals surface area contributed by atoms with E-state index in [2.05, 4.69) is 26.0 Å². The summed E-state index contributed by atoms with van der Waals surface area (Å²) in [7, 11) is 0. The largest absolute Gasteiger partial charge is 0.379 e. The van der Waals surface area contributed by atoms with Gasteiger partial charge in [-0.25, -0.2) is 0 Å². The summed E-state index contributed by atoms with van der Waals surface area (Å²) in [6, 6.07) is 8.02. The summed E-state index contributed by atoms with van der Waals surface area (Å²) in [6.07, 6.45) is 0.932. The van der Waals surface area contributed by atoms with Gasteiger partial charge in [-0.15, -0.1) is 0 Å². The van der Waals surface area contributed by atoms with E-state index in [9.17, 15) is 0 Å². The van der Waals surface area contributed by atoms with Crippen LogP contribution in [-0.2, 0) is 10.2 Å². The number of ether oxygens (including phenoxy) is 1. The van der Waals surface area contributed by atoms with Crippen molar-refractivity contribution in [3.8, 4) is 0 Å². The van der Waals surface area contributed by atoms with E-state index in [4.69, 9.17) is 22.1 Å². The van der Waals surface area contributed by atoms with Crippen molar-refractivity contribution in [2.75, 3.05) is 13.2 Å². The molecule has 0 bridgehead atoms. The molecule has 0 amide bonds. The van der Waals surface area contributed by atoms with Crippen LogP contribution in [-0.4, -0.2) is 18.8 Å². The van der Waals surface area contributed by atoms with Gasteiger partial charge in [-0.1, -0.05) is 23.7 Å². The first-order valence-electron chi connectivity index (χ1n) is 5.54. The van der Waals surface area contributed by atoms with E-state index in [0.717, 1.165) is 24.7 Å². The average Bonchev–Trinajstić information content (AvgIpc) is 2.11. The van der Waals surface area contributed by atoms with E-state index in [1.54, 1.807) is 0 Å². The Kier molecular flexibility index (Phi) is 2.99. The molecule has 1 aromatic carbocycles. The number of hydrogen-bond acceptors (Lipinski definition) is 2. The van der Waals surface area contributed by atoms with Crippen LogP contribution in [0.2, 0.25) is 5.02 Å². The van der Waals surface area contributed by atoms with Gasteiger partial charge in [0.25, 0.3) is 0 Å². The highest BCUT2D eigenvalue weighted by molar-refractivity contribution is 6.30. The van der Waals surface area contributed by atoms with Crippen molar-refractivity contribution in [2.45, 2.75) is 31.2 Å². The van der Waals surface area contributed by atoms with Gasteiger partial charge in [0.05, 0.1) is 13.2 Å². The predicted octanol–water partition coefficient (Wildman–Crippen LogP) is 2.74. The zero-order chi connectivity index (χ0) is 11.8. The fraction of sp³-hybridized carbons (Fsp3) is 0.538. The molecule has 0 atom stereocenters. The molecular formula is C13H18ClNO. The highest BCUT2D eigenvalue weighted by Crippen LogP contribution is 2.39. The lowest BCUT2D eigenvalue weighted by atomic mass is 9.71. The van der Waals surface area contributed by atoms with Crippen molar-refractivity contribution in [3.63, 3.8) is 0 Å². The van der Waals surface area contributed by atoms with Crippen LogP contribution in [0.1, 0.15) is 25.8 Å². The molecule has 1 heterocycles. The Morgan fingerprint density at radius 3 is 2.25 bits per heavy atom. The molecule has 16 heavy (non-hydrogen) atoms. The molecule has 2 rings (SSSR count). The lowest BCUT2D eigenvalue weighted by molar-refractivity contribution is -0.0718.